The van der Waals surface area contributed by atoms with Gasteiger partial charge in [-0.2, -0.15) is 5.10 Å². The highest BCUT2D eigenvalue weighted by Crippen LogP contribution is 2.31. The van der Waals surface area contributed by atoms with Crippen molar-refractivity contribution >= 4 is 28.5 Å². The fourth-order valence-electron chi connectivity index (χ4n) is 2.94. The Bertz CT molecular complexity index is 837. The number of anilines is 1. The highest BCUT2D eigenvalue weighted by atomic mass is 35.5. The standard InChI is InChI=1S/C16H17ClN6/c17-12-3-4-13(23-8-5-10(18)6-9-23)20-15(12)14-11-2-1-7-19-16(11)22-21-14/h1-4,7,10H,5-6,8-9,18H2,(H,19,21,22). The van der Waals surface area contributed by atoms with Gasteiger partial charge in [0.25, 0.3) is 0 Å². The summed E-state index contributed by atoms with van der Waals surface area (Å²) in [5, 5.41) is 8.78. The molecule has 1 aliphatic heterocycles. The number of aromatic nitrogens is 4. The van der Waals surface area contributed by atoms with E-state index in [0.717, 1.165) is 48.5 Å². The van der Waals surface area contributed by atoms with E-state index >= 15 is 0 Å². The third-order valence-electron chi connectivity index (χ3n) is 4.26. The van der Waals surface area contributed by atoms with E-state index in [4.69, 9.17) is 22.3 Å². The van der Waals surface area contributed by atoms with Crippen molar-refractivity contribution < 1.29 is 0 Å². The van der Waals surface area contributed by atoms with Gasteiger partial charge in [0.1, 0.15) is 17.2 Å². The van der Waals surface area contributed by atoms with Crippen LogP contribution in [0.25, 0.3) is 22.4 Å². The summed E-state index contributed by atoms with van der Waals surface area (Å²) in [6.45, 7) is 1.83. The van der Waals surface area contributed by atoms with Crippen LogP contribution in [0.2, 0.25) is 5.02 Å². The molecule has 1 aliphatic rings. The van der Waals surface area contributed by atoms with Gasteiger partial charge in [0.2, 0.25) is 0 Å². The third-order valence-corrected chi connectivity index (χ3v) is 4.56. The number of nitrogens with one attached hydrogen (secondary N) is 1. The van der Waals surface area contributed by atoms with Crippen LogP contribution in [-0.4, -0.2) is 39.3 Å². The number of nitrogens with two attached hydrogens (primary N) is 1. The molecule has 0 saturated carbocycles. The lowest BCUT2D eigenvalue weighted by Crippen LogP contribution is -2.40. The zero-order valence-corrected chi connectivity index (χ0v) is 13.3. The summed E-state index contributed by atoms with van der Waals surface area (Å²) >= 11 is 6.37. The van der Waals surface area contributed by atoms with E-state index in [1.807, 2.05) is 24.3 Å². The summed E-state index contributed by atoms with van der Waals surface area (Å²) in [5.41, 5.74) is 8.12. The number of fused-ring (bicyclic) bond motifs is 1. The topological polar surface area (TPSA) is 83.7 Å². The smallest absolute Gasteiger partial charge is 0.155 e. The SMILES string of the molecule is NC1CCN(c2ccc(Cl)c(-c3n[nH]c4ncccc34)n2)CC1. The average Bonchev–Trinajstić information content (AvgIpc) is 3.00. The number of aromatic amines is 1. The summed E-state index contributed by atoms with van der Waals surface area (Å²) in [5.74, 6) is 0.913. The first-order chi connectivity index (χ1) is 11.2. The van der Waals surface area contributed by atoms with Gasteiger partial charge in [0.15, 0.2) is 5.65 Å². The van der Waals surface area contributed by atoms with Gasteiger partial charge < -0.3 is 10.6 Å². The monoisotopic (exact) mass is 328 g/mol. The van der Waals surface area contributed by atoms with Crippen LogP contribution in [0.15, 0.2) is 30.5 Å². The number of pyridine rings is 2. The molecule has 3 aromatic rings. The van der Waals surface area contributed by atoms with E-state index < -0.39 is 0 Å². The minimum Gasteiger partial charge on any atom is -0.356 e. The molecule has 7 heteroatoms. The molecular weight excluding hydrogens is 312 g/mol. The van der Waals surface area contributed by atoms with Crippen molar-refractivity contribution in [3.05, 3.63) is 35.5 Å². The Morgan fingerprint density at radius 3 is 2.83 bits per heavy atom. The maximum Gasteiger partial charge on any atom is 0.155 e. The predicted molar refractivity (Wildman–Crippen MR) is 91.6 cm³/mol. The second kappa shape index (κ2) is 5.79. The van der Waals surface area contributed by atoms with Gasteiger partial charge in [-0.1, -0.05) is 11.6 Å². The highest BCUT2D eigenvalue weighted by molar-refractivity contribution is 6.33. The first-order valence-electron chi connectivity index (χ1n) is 7.69. The second-order valence-corrected chi connectivity index (χ2v) is 6.20. The normalized spacial score (nSPS) is 16.2. The number of rotatable bonds is 2. The number of nitrogens with zero attached hydrogens (tertiary/aromatic N) is 4. The first kappa shape index (κ1) is 14.4. The molecule has 4 rings (SSSR count). The van der Waals surface area contributed by atoms with Gasteiger partial charge in [0, 0.05) is 30.7 Å². The van der Waals surface area contributed by atoms with Crippen LogP contribution in [0, 0.1) is 0 Å². The van der Waals surface area contributed by atoms with Crippen LogP contribution in [0.5, 0.6) is 0 Å². The molecule has 0 bridgehead atoms. The zero-order chi connectivity index (χ0) is 15.8. The number of hydrogen-bond donors (Lipinski definition) is 2. The molecule has 0 aromatic carbocycles. The Labute approximate surface area is 138 Å². The lowest BCUT2D eigenvalue weighted by Gasteiger charge is -2.31. The van der Waals surface area contributed by atoms with Crippen LogP contribution in [0.4, 0.5) is 5.82 Å². The molecule has 0 radical (unpaired) electrons. The summed E-state index contributed by atoms with van der Waals surface area (Å²) in [7, 11) is 0. The average molecular weight is 329 g/mol. The Morgan fingerprint density at radius 1 is 1.17 bits per heavy atom. The molecule has 0 spiro atoms. The number of hydrogen-bond acceptors (Lipinski definition) is 5. The molecule has 0 aliphatic carbocycles. The Hall–Kier alpha value is -2.18. The molecule has 1 saturated heterocycles. The molecule has 3 aromatic heterocycles. The van der Waals surface area contributed by atoms with Crippen molar-refractivity contribution in [2.75, 3.05) is 18.0 Å². The van der Waals surface area contributed by atoms with Gasteiger partial charge in [-0.25, -0.2) is 9.97 Å². The van der Waals surface area contributed by atoms with E-state index in [1.54, 1.807) is 6.20 Å². The van der Waals surface area contributed by atoms with Crippen LogP contribution in [0.3, 0.4) is 0 Å². The van der Waals surface area contributed by atoms with E-state index in [9.17, 15) is 0 Å². The first-order valence-corrected chi connectivity index (χ1v) is 8.07. The maximum atomic E-state index is 6.37. The summed E-state index contributed by atoms with van der Waals surface area (Å²) in [6.07, 6.45) is 3.69. The van der Waals surface area contributed by atoms with Crippen LogP contribution in [0.1, 0.15) is 12.8 Å². The number of H-pyrrole nitrogens is 1. The van der Waals surface area contributed by atoms with Gasteiger partial charge >= 0.3 is 0 Å². The lowest BCUT2D eigenvalue weighted by atomic mass is 10.1. The molecule has 0 amide bonds. The molecule has 1 fully saturated rings. The predicted octanol–water partition coefficient (Wildman–Crippen LogP) is 2.60. The van der Waals surface area contributed by atoms with Crippen molar-refractivity contribution in [1.82, 2.24) is 20.2 Å². The fraction of sp³-hybridized carbons (Fsp3) is 0.312. The molecule has 23 heavy (non-hydrogen) atoms. The van der Waals surface area contributed by atoms with Crippen molar-refractivity contribution in [2.24, 2.45) is 5.73 Å². The van der Waals surface area contributed by atoms with Crippen molar-refractivity contribution in [2.45, 2.75) is 18.9 Å². The van der Waals surface area contributed by atoms with Crippen molar-refractivity contribution in [1.29, 1.82) is 0 Å². The van der Waals surface area contributed by atoms with Gasteiger partial charge in [-0.3, -0.25) is 5.10 Å². The van der Waals surface area contributed by atoms with Crippen LogP contribution < -0.4 is 10.6 Å². The molecule has 3 N–H and O–H groups in total. The number of halogens is 1. The van der Waals surface area contributed by atoms with Crippen molar-refractivity contribution in [3.8, 4) is 11.4 Å². The quantitative estimate of drug-likeness (QED) is 0.755. The third kappa shape index (κ3) is 2.64. The van der Waals surface area contributed by atoms with Crippen molar-refractivity contribution in [3.63, 3.8) is 0 Å². The van der Waals surface area contributed by atoms with Crippen LogP contribution in [-0.2, 0) is 0 Å². The molecule has 6 nitrogen and oxygen atoms in total. The molecule has 4 heterocycles. The van der Waals surface area contributed by atoms with Gasteiger partial charge in [-0.15, -0.1) is 0 Å². The van der Waals surface area contributed by atoms with E-state index in [2.05, 4.69) is 20.1 Å². The highest BCUT2D eigenvalue weighted by Gasteiger charge is 2.20. The molecule has 0 unspecified atom stereocenters. The van der Waals surface area contributed by atoms with Gasteiger partial charge in [0.05, 0.1) is 5.02 Å². The summed E-state index contributed by atoms with van der Waals surface area (Å²) < 4.78 is 0. The molecular formula is C16H17ClN6. The summed E-state index contributed by atoms with van der Waals surface area (Å²) in [4.78, 5) is 11.3. The minimum atomic E-state index is 0.291. The Morgan fingerprint density at radius 2 is 2.00 bits per heavy atom. The van der Waals surface area contributed by atoms with Gasteiger partial charge in [-0.05, 0) is 37.1 Å². The van der Waals surface area contributed by atoms with E-state index in [0.29, 0.717) is 16.8 Å². The van der Waals surface area contributed by atoms with Crippen LogP contribution >= 0.6 is 11.6 Å². The lowest BCUT2D eigenvalue weighted by molar-refractivity contribution is 0.499. The van der Waals surface area contributed by atoms with E-state index in [1.165, 1.54) is 0 Å². The fourth-order valence-corrected chi connectivity index (χ4v) is 3.13. The molecule has 118 valence electrons. The summed E-state index contributed by atoms with van der Waals surface area (Å²) in [6, 6.07) is 7.97. The molecule has 0 atom stereocenters. The van der Waals surface area contributed by atoms with E-state index in [-0.39, 0.29) is 0 Å². The Balaban J connectivity index is 1.75. The largest absolute Gasteiger partial charge is 0.356 e. The maximum absolute atomic E-state index is 6.37. The zero-order valence-electron chi connectivity index (χ0n) is 12.5. The second-order valence-electron chi connectivity index (χ2n) is 5.80. The number of piperidine rings is 1. The minimum absolute atomic E-state index is 0.291. The Kier molecular flexibility index (Phi) is 3.63.